The van der Waals surface area contributed by atoms with Crippen molar-refractivity contribution >= 4 is 26.8 Å². The van der Waals surface area contributed by atoms with E-state index in [0.717, 1.165) is 22.6 Å². The number of rotatable bonds is 8. The molecule has 3 aromatic rings. The lowest BCUT2D eigenvalue weighted by atomic mass is 10.0. The SMILES string of the molecule is COc1ccc(CN(CC(C)C)C(=O)c2ccc3ccccc3c2)cc1OS(C)(=O)=O. The standard InChI is InChI=1S/C24H27NO5S/c1-17(2)15-25(24(26)21-11-10-19-7-5-6-8-20(19)14-21)16-18-9-12-22(29-3)23(13-18)30-31(4,27)28/h5-14,17H,15-16H2,1-4H3. The minimum absolute atomic E-state index is 0.0825. The van der Waals surface area contributed by atoms with E-state index in [-0.39, 0.29) is 17.6 Å². The van der Waals surface area contributed by atoms with Gasteiger partial charge in [-0.15, -0.1) is 0 Å². The summed E-state index contributed by atoms with van der Waals surface area (Å²) >= 11 is 0. The molecule has 0 fully saturated rings. The molecule has 164 valence electrons. The highest BCUT2D eigenvalue weighted by Gasteiger charge is 2.19. The molecule has 0 aliphatic carbocycles. The highest BCUT2D eigenvalue weighted by Crippen LogP contribution is 2.30. The maximum absolute atomic E-state index is 13.3. The Labute approximate surface area is 183 Å². The number of ether oxygens (including phenoxy) is 1. The number of benzene rings is 3. The first kappa shape index (κ1) is 22.6. The fourth-order valence-corrected chi connectivity index (χ4v) is 3.89. The van der Waals surface area contributed by atoms with Crippen LogP contribution in [0.1, 0.15) is 29.8 Å². The lowest BCUT2D eigenvalue weighted by Gasteiger charge is -2.25. The molecular weight excluding hydrogens is 414 g/mol. The maximum Gasteiger partial charge on any atom is 0.306 e. The van der Waals surface area contributed by atoms with Crippen molar-refractivity contribution in [1.29, 1.82) is 0 Å². The summed E-state index contributed by atoms with van der Waals surface area (Å²) < 4.78 is 33.5. The van der Waals surface area contributed by atoms with Crippen LogP contribution in [0.4, 0.5) is 0 Å². The zero-order chi connectivity index (χ0) is 22.6. The van der Waals surface area contributed by atoms with E-state index in [2.05, 4.69) is 0 Å². The Morgan fingerprint density at radius 3 is 2.32 bits per heavy atom. The average molecular weight is 442 g/mol. The van der Waals surface area contributed by atoms with Crippen LogP contribution in [0.15, 0.2) is 60.7 Å². The van der Waals surface area contributed by atoms with Crippen molar-refractivity contribution in [3.05, 3.63) is 71.8 Å². The Kier molecular flexibility index (Phi) is 6.85. The topological polar surface area (TPSA) is 72.9 Å². The first-order chi connectivity index (χ1) is 14.7. The largest absolute Gasteiger partial charge is 0.493 e. The van der Waals surface area contributed by atoms with Crippen LogP contribution in [-0.4, -0.2) is 39.1 Å². The minimum atomic E-state index is -3.71. The van der Waals surface area contributed by atoms with Crippen LogP contribution < -0.4 is 8.92 Å². The van der Waals surface area contributed by atoms with Crippen LogP contribution in [0, 0.1) is 5.92 Å². The highest BCUT2D eigenvalue weighted by molar-refractivity contribution is 7.86. The third-order valence-corrected chi connectivity index (χ3v) is 5.19. The second kappa shape index (κ2) is 9.39. The van der Waals surface area contributed by atoms with E-state index >= 15 is 0 Å². The summed E-state index contributed by atoms with van der Waals surface area (Å²) in [6, 6.07) is 18.6. The van der Waals surface area contributed by atoms with E-state index in [9.17, 15) is 13.2 Å². The lowest BCUT2D eigenvalue weighted by Crippen LogP contribution is -2.33. The van der Waals surface area contributed by atoms with Crippen LogP contribution in [0.25, 0.3) is 10.8 Å². The van der Waals surface area contributed by atoms with Crippen molar-refractivity contribution in [2.45, 2.75) is 20.4 Å². The summed E-state index contributed by atoms with van der Waals surface area (Å²) in [5.41, 5.74) is 1.36. The minimum Gasteiger partial charge on any atom is -0.493 e. The monoisotopic (exact) mass is 441 g/mol. The quantitative estimate of drug-likeness (QED) is 0.482. The third-order valence-electron chi connectivity index (χ3n) is 4.71. The van der Waals surface area contributed by atoms with Gasteiger partial charge < -0.3 is 13.8 Å². The number of fused-ring (bicyclic) bond motifs is 1. The number of hydrogen-bond donors (Lipinski definition) is 0. The molecule has 1 amide bonds. The maximum atomic E-state index is 13.3. The first-order valence-electron chi connectivity index (χ1n) is 10.0. The van der Waals surface area contributed by atoms with Crippen LogP contribution in [0.3, 0.4) is 0 Å². The molecule has 0 saturated carbocycles. The Bertz CT molecular complexity index is 1190. The van der Waals surface area contributed by atoms with Crippen molar-refractivity contribution in [2.24, 2.45) is 5.92 Å². The third kappa shape index (κ3) is 5.98. The van der Waals surface area contributed by atoms with Crippen LogP contribution in [0.2, 0.25) is 0 Å². The predicted octanol–water partition coefficient (Wildman–Crippen LogP) is 4.49. The van der Waals surface area contributed by atoms with Crippen LogP contribution in [0.5, 0.6) is 11.5 Å². The fraction of sp³-hybridized carbons (Fsp3) is 0.292. The molecule has 7 heteroatoms. The molecular formula is C24H27NO5S. The van der Waals surface area contributed by atoms with Gasteiger partial charge in [0.25, 0.3) is 5.91 Å². The Hall–Kier alpha value is -3.06. The lowest BCUT2D eigenvalue weighted by molar-refractivity contribution is 0.0722. The van der Waals surface area contributed by atoms with Gasteiger partial charge in [0, 0.05) is 18.7 Å². The number of methoxy groups -OCH3 is 1. The highest BCUT2D eigenvalue weighted by atomic mass is 32.2. The number of carbonyl (C=O) groups is 1. The van der Waals surface area contributed by atoms with Crippen molar-refractivity contribution in [1.82, 2.24) is 4.90 Å². The van der Waals surface area contributed by atoms with Gasteiger partial charge in [-0.2, -0.15) is 8.42 Å². The fourth-order valence-electron chi connectivity index (χ4n) is 3.43. The molecule has 0 N–H and O–H groups in total. The molecule has 0 aliphatic heterocycles. The van der Waals surface area contributed by atoms with Gasteiger partial charge in [-0.3, -0.25) is 4.79 Å². The van der Waals surface area contributed by atoms with Gasteiger partial charge in [0.05, 0.1) is 13.4 Å². The van der Waals surface area contributed by atoms with Gasteiger partial charge in [-0.1, -0.05) is 50.2 Å². The van der Waals surface area contributed by atoms with E-state index in [0.29, 0.717) is 24.4 Å². The Morgan fingerprint density at radius 2 is 1.68 bits per heavy atom. The summed E-state index contributed by atoms with van der Waals surface area (Å²) in [6.45, 7) is 4.97. The molecule has 0 atom stereocenters. The number of nitrogens with zero attached hydrogens (tertiary/aromatic N) is 1. The van der Waals surface area contributed by atoms with Gasteiger partial charge in [0.2, 0.25) is 0 Å². The molecule has 0 aromatic heterocycles. The van der Waals surface area contributed by atoms with E-state index in [1.807, 2.05) is 56.3 Å². The van der Waals surface area contributed by atoms with Crippen molar-refractivity contribution in [2.75, 3.05) is 19.9 Å². The summed E-state index contributed by atoms with van der Waals surface area (Å²) in [6.07, 6.45) is 0.980. The smallest absolute Gasteiger partial charge is 0.306 e. The van der Waals surface area contributed by atoms with Crippen molar-refractivity contribution < 1.29 is 22.1 Å². The average Bonchev–Trinajstić information content (AvgIpc) is 2.71. The van der Waals surface area contributed by atoms with Gasteiger partial charge in [0.1, 0.15) is 0 Å². The van der Waals surface area contributed by atoms with E-state index in [4.69, 9.17) is 8.92 Å². The van der Waals surface area contributed by atoms with Crippen molar-refractivity contribution in [3.8, 4) is 11.5 Å². The summed E-state index contributed by atoms with van der Waals surface area (Å²) in [4.78, 5) is 15.1. The van der Waals surface area contributed by atoms with E-state index < -0.39 is 10.1 Å². The first-order valence-corrected chi connectivity index (χ1v) is 11.8. The molecule has 0 spiro atoms. The van der Waals surface area contributed by atoms with Gasteiger partial charge in [-0.05, 0) is 46.5 Å². The predicted molar refractivity (Wildman–Crippen MR) is 122 cm³/mol. The van der Waals surface area contributed by atoms with Crippen LogP contribution in [-0.2, 0) is 16.7 Å². The zero-order valence-corrected chi connectivity index (χ0v) is 19.0. The Balaban J connectivity index is 1.92. The Morgan fingerprint density at radius 1 is 0.968 bits per heavy atom. The zero-order valence-electron chi connectivity index (χ0n) is 18.2. The summed E-state index contributed by atoms with van der Waals surface area (Å²) in [5, 5.41) is 2.08. The van der Waals surface area contributed by atoms with E-state index in [1.165, 1.54) is 7.11 Å². The van der Waals surface area contributed by atoms with Crippen molar-refractivity contribution in [3.63, 3.8) is 0 Å². The number of amides is 1. The molecule has 0 radical (unpaired) electrons. The number of carbonyl (C=O) groups excluding carboxylic acids is 1. The molecule has 3 rings (SSSR count). The van der Waals surface area contributed by atoms with E-state index in [1.54, 1.807) is 23.1 Å². The second-order valence-corrected chi connectivity index (χ2v) is 9.49. The molecule has 0 unspecified atom stereocenters. The molecule has 0 saturated heterocycles. The van der Waals surface area contributed by atoms with Crippen LogP contribution >= 0.6 is 0 Å². The molecule has 0 aliphatic rings. The van der Waals surface area contributed by atoms with Gasteiger partial charge >= 0.3 is 10.1 Å². The molecule has 0 bridgehead atoms. The molecule has 0 heterocycles. The molecule has 6 nitrogen and oxygen atoms in total. The number of hydrogen-bond acceptors (Lipinski definition) is 5. The molecule has 31 heavy (non-hydrogen) atoms. The van der Waals surface area contributed by atoms with Gasteiger partial charge in [0.15, 0.2) is 11.5 Å². The summed E-state index contributed by atoms with van der Waals surface area (Å²) in [7, 11) is -2.27. The second-order valence-electron chi connectivity index (χ2n) is 7.91. The molecule has 3 aromatic carbocycles. The normalized spacial score (nSPS) is 11.5. The summed E-state index contributed by atoms with van der Waals surface area (Å²) in [5.74, 6) is 0.589. The van der Waals surface area contributed by atoms with Gasteiger partial charge in [-0.25, -0.2) is 0 Å².